The molecule has 0 heterocycles. The molecule has 11 heteroatoms. The van der Waals surface area contributed by atoms with Crippen LogP contribution in [0.1, 0.15) is 488 Å². The van der Waals surface area contributed by atoms with Crippen molar-refractivity contribution >= 4 is 0 Å². The van der Waals surface area contributed by atoms with Crippen LogP contribution in [0.15, 0.2) is 91.0 Å². The molecule has 3 aromatic rings. The standard InChI is InChI=1S/C17H26.2C16H25N.6C10H21N.3C9H19N.CH4/c1-13(2)16-10-9-14(3)17(12-16)11-15-7-5-4-6-8-15;2*1-12(2)14-8-9-16(17)15(11-14)10-13-6-4-3-5-7-13;3*1-8(2)9-4-6-10(11-3)7-5-9;3*1-7(2)10-5-4-9(11)6-8(10)3;3*1-7(2)8-3-5-9(10)6-4-8;/h4-8,13-14,16-17H,9-12H2,1-3H3;2*3-7,12,14-16H,8-11,17H2,1-2H3;3*8-11H,4-7H2,1-3H3;3*7-10H,4-6,11H2,1-3H3;3*7-9H,3-6,10H2,1-2H3;1H4/t14-,16-,17-;14-,15-,16+;;;;;8-,9+,10-;8-,9-,10-;;;;;/m10....01...../s1. The van der Waals surface area contributed by atoms with E-state index in [1.807, 2.05) is 0 Å². The van der Waals surface area contributed by atoms with Crippen molar-refractivity contribution in [2.24, 2.45) is 229 Å². The summed E-state index contributed by atoms with van der Waals surface area (Å²) >= 11 is 0. The molecule has 0 radical (unpaired) electrons. The molecule has 12 aliphatic rings. The molecule has 12 fully saturated rings. The van der Waals surface area contributed by atoms with Gasteiger partial charge < -0.3 is 61.8 Å². The van der Waals surface area contributed by atoms with Crippen molar-refractivity contribution in [3.05, 3.63) is 108 Å². The predicted octanol–water partition coefficient (Wildman–Crippen LogP) is 33.8. The Labute approximate surface area is 924 Å². The van der Waals surface area contributed by atoms with Crippen molar-refractivity contribution in [1.82, 2.24) is 16.0 Å². The van der Waals surface area contributed by atoms with Crippen molar-refractivity contribution in [1.29, 1.82) is 0 Å². The van der Waals surface area contributed by atoms with E-state index in [4.69, 9.17) is 45.9 Å². The maximum absolute atomic E-state index is 6.29. The molecule has 15 rings (SSSR count). The average molecular weight is 2060 g/mol. The van der Waals surface area contributed by atoms with Crippen LogP contribution in [0.25, 0.3) is 0 Å². The van der Waals surface area contributed by atoms with Crippen LogP contribution in [-0.2, 0) is 19.3 Å². The van der Waals surface area contributed by atoms with Gasteiger partial charge in [-0.05, 0) is 504 Å². The first-order valence-electron chi connectivity index (χ1n) is 63.8. The lowest BCUT2D eigenvalue weighted by Gasteiger charge is -2.36. The highest BCUT2D eigenvalue weighted by Crippen LogP contribution is 2.44. The van der Waals surface area contributed by atoms with E-state index in [0.29, 0.717) is 60.2 Å². The number of nitrogens with one attached hydrogen (secondary N) is 3. The van der Waals surface area contributed by atoms with Crippen LogP contribution in [0.2, 0.25) is 0 Å². The van der Waals surface area contributed by atoms with Gasteiger partial charge in [0.25, 0.3) is 0 Å². The molecule has 12 aliphatic carbocycles. The maximum atomic E-state index is 6.29. The lowest BCUT2D eigenvalue weighted by Crippen LogP contribution is -2.38. The van der Waals surface area contributed by atoms with E-state index >= 15 is 0 Å². The third-order valence-electron chi connectivity index (χ3n) is 40.5. The fraction of sp³-hybridized carbons (Fsp3) is 0.869. The summed E-state index contributed by atoms with van der Waals surface area (Å²) in [5.74, 6) is 27.4. The normalized spacial score (nSPS) is 33.3. The van der Waals surface area contributed by atoms with Gasteiger partial charge >= 0.3 is 0 Å². The summed E-state index contributed by atoms with van der Waals surface area (Å²) in [5, 5.41) is 10.1. The maximum Gasteiger partial charge on any atom is 0.00705 e. The van der Waals surface area contributed by atoms with Crippen LogP contribution in [0.4, 0.5) is 0 Å². The molecule has 0 saturated heterocycles. The molecule has 18 atom stereocenters. The van der Waals surface area contributed by atoms with E-state index in [2.05, 4.69) is 322 Å². The summed E-state index contributed by atoms with van der Waals surface area (Å²) in [6.45, 7) is 65.7. The Morgan fingerprint density at radius 3 is 0.574 bits per heavy atom. The smallest absolute Gasteiger partial charge is 0.00705 e. The Hall–Kier alpha value is -2.78. The Morgan fingerprint density at radius 2 is 0.378 bits per heavy atom. The predicted molar refractivity (Wildman–Crippen MR) is 660 cm³/mol. The second-order valence-electron chi connectivity index (χ2n) is 55.7. The topological polar surface area (TPSA) is 244 Å². The summed E-state index contributed by atoms with van der Waals surface area (Å²) in [4.78, 5) is 0. The molecule has 0 aliphatic heterocycles. The fourth-order valence-electron chi connectivity index (χ4n) is 28.4. The molecule has 0 aromatic heterocycles. The first kappa shape index (κ1) is 139. The van der Waals surface area contributed by atoms with Crippen molar-refractivity contribution in [3.63, 3.8) is 0 Å². The van der Waals surface area contributed by atoms with E-state index in [9.17, 15) is 0 Å². The van der Waals surface area contributed by atoms with E-state index in [1.54, 1.807) is 0 Å². The minimum Gasteiger partial charge on any atom is -0.328 e. The van der Waals surface area contributed by atoms with Gasteiger partial charge in [0.05, 0.1) is 0 Å². The van der Waals surface area contributed by atoms with E-state index < -0.39 is 0 Å². The highest BCUT2D eigenvalue weighted by atomic mass is 14.9. The van der Waals surface area contributed by atoms with Crippen LogP contribution < -0.4 is 61.8 Å². The van der Waals surface area contributed by atoms with Crippen molar-refractivity contribution in [2.45, 2.75) is 557 Å². The van der Waals surface area contributed by atoms with Crippen molar-refractivity contribution in [3.8, 4) is 0 Å². The summed E-state index contributed by atoms with van der Waals surface area (Å²) in [5.41, 5.74) is 52.0. The van der Waals surface area contributed by atoms with Gasteiger partial charge in [-0.2, -0.15) is 0 Å². The summed E-state index contributed by atoms with van der Waals surface area (Å²) < 4.78 is 0. The number of rotatable bonds is 21. The number of nitrogens with two attached hydrogens (primary N) is 8. The molecule has 11 nitrogen and oxygen atoms in total. The molecule has 0 bridgehead atoms. The summed E-state index contributed by atoms with van der Waals surface area (Å²) in [6, 6.07) is 38.8. The average Bonchev–Trinajstić information content (AvgIpc) is 0.851. The fourth-order valence-corrected chi connectivity index (χ4v) is 28.4. The molecule has 6 unspecified atom stereocenters. The number of hydrogen-bond donors (Lipinski definition) is 11. The van der Waals surface area contributed by atoms with Crippen LogP contribution in [-0.4, -0.2) is 87.6 Å². The van der Waals surface area contributed by atoms with Crippen LogP contribution in [0.3, 0.4) is 0 Å². The van der Waals surface area contributed by atoms with Gasteiger partial charge in [-0.1, -0.05) is 299 Å². The molecule has 19 N–H and O–H groups in total. The third-order valence-corrected chi connectivity index (χ3v) is 40.5. The quantitative estimate of drug-likeness (QED) is 0.0479. The van der Waals surface area contributed by atoms with Gasteiger partial charge in [-0.15, -0.1) is 0 Å². The van der Waals surface area contributed by atoms with Gasteiger partial charge in [0, 0.05) is 66.5 Å². The second-order valence-corrected chi connectivity index (χ2v) is 55.7. The van der Waals surface area contributed by atoms with Crippen LogP contribution >= 0.6 is 0 Å². The monoisotopic (exact) mass is 2060 g/mol. The molecule has 0 spiro atoms. The lowest BCUT2D eigenvalue weighted by atomic mass is 9.69. The largest absolute Gasteiger partial charge is 0.328 e. The Bertz CT molecular complexity index is 3150. The first-order chi connectivity index (χ1) is 69.6. The Kier molecular flexibility index (Phi) is 73.1. The van der Waals surface area contributed by atoms with Crippen LogP contribution in [0.5, 0.6) is 0 Å². The second kappa shape index (κ2) is 77.6. The summed E-state index contributed by atoms with van der Waals surface area (Å²) in [7, 11) is 6.25. The van der Waals surface area contributed by atoms with Gasteiger partial charge in [0.1, 0.15) is 0 Å². The van der Waals surface area contributed by atoms with E-state index in [0.717, 1.165) is 203 Å². The van der Waals surface area contributed by atoms with Gasteiger partial charge in [-0.3, -0.25) is 0 Å². The van der Waals surface area contributed by atoms with Crippen molar-refractivity contribution < 1.29 is 0 Å². The van der Waals surface area contributed by atoms with E-state index in [-0.39, 0.29) is 7.43 Å². The summed E-state index contributed by atoms with van der Waals surface area (Å²) in [6.07, 6.45) is 59.7. The Morgan fingerprint density at radius 1 is 0.196 bits per heavy atom. The molecule has 0 amide bonds. The zero-order valence-electron chi connectivity index (χ0n) is 103. The van der Waals surface area contributed by atoms with Gasteiger partial charge in [-0.25, -0.2) is 0 Å². The lowest BCUT2D eigenvalue weighted by molar-refractivity contribution is 0.158. The zero-order valence-corrected chi connectivity index (χ0v) is 103. The van der Waals surface area contributed by atoms with Crippen molar-refractivity contribution in [2.75, 3.05) is 21.1 Å². The first-order valence-corrected chi connectivity index (χ1v) is 63.8. The zero-order chi connectivity index (χ0) is 110. The highest BCUT2D eigenvalue weighted by molar-refractivity contribution is 5.18. The highest BCUT2D eigenvalue weighted by Gasteiger charge is 2.37. The molecule has 12 saturated carbocycles. The number of benzene rings is 3. The number of hydrogen-bond acceptors (Lipinski definition) is 11. The molecular formula is C137H263N11. The third kappa shape index (κ3) is 57.1. The Balaban J connectivity index is 0.000000417. The van der Waals surface area contributed by atoms with E-state index in [1.165, 1.54) is 293 Å². The van der Waals surface area contributed by atoms with Crippen LogP contribution in [0, 0.1) is 183 Å². The molecular weight excluding hydrogens is 1800 g/mol. The minimum atomic E-state index is 0. The SMILES string of the molecule is C.CC(C)C1CCC(N)C(Cc2ccccc2)C1.CC(C)C1CCC(N)CC1.CC(C)C1CCC(N)CC1.CC(C)C1CCC(N)CC1.CC(C)C1CCC(N)CC1C.CC(C)[C@@H]1CC[C@@H](C)[C@H](Cc2ccccc2)C1.CC(C)[C@@H]1CC[C@@H](N)C[C@@H]1C.CC(C)[C@H]1CC[C@@H](N)C[C@H]1C.CC(C)[C@H]1CC[C@@H](N)[C@@H](Cc2ccccc2)C1.CNC1CCC(C(C)C)CC1.CNC1CCC(C(C)C)CC1.CNC1CCC(C(C)C)CC1. The molecule has 148 heavy (non-hydrogen) atoms. The molecule has 866 valence electrons. The molecule has 3 aromatic carbocycles. The minimum absolute atomic E-state index is 0. The van der Waals surface area contributed by atoms with Gasteiger partial charge in [0.2, 0.25) is 0 Å². The van der Waals surface area contributed by atoms with Gasteiger partial charge in [0.15, 0.2) is 0 Å².